The van der Waals surface area contributed by atoms with Crippen LogP contribution in [0.5, 0.6) is 0 Å². The molecule has 3 aliphatic rings. The van der Waals surface area contributed by atoms with Crippen LogP contribution in [0.3, 0.4) is 0 Å². The van der Waals surface area contributed by atoms with Gasteiger partial charge in [0.25, 0.3) is 0 Å². The van der Waals surface area contributed by atoms with E-state index in [9.17, 15) is 9.59 Å². The predicted molar refractivity (Wildman–Crippen MR) is 103 cm³/mol. The number of pyridine rings is 1. The van der Waals surface area contributed by atoms with Crippen LogP contribution in [-0.2, 0) is 9.59 Å². The van der Waals surface area contributed by atoms with Crippen molar-refractivity contribution in [1.82, 2.24) is 20.1 Å². The van der Waals surface area contributed by atoms with E-state index in [0.717, 1.165) is 38.2 Å². The van der Waals surface area contributed by atoms with Crippen LogP contribution in [0.2, 0.25) is 0 Å². The molecule has 7 nitrogen and oxygen atoms in total. The summed E-state index contributed by atoms with van der Waals surface area (Å²) in [5.74, 6) is 0.131. The minimum atomic E-state index is -0.299. The topological polar surface area (TPSA) is 68.8 Å². The SMILES string of the molecule is O=C1NCCN(C2CCCC2)[C@H]1CC(=O)N1CCN(c2ccncc2)CC1. The Kier molecular flexibility index (Phi) is 5.57. The van der Waals surface area contributed by atoms with Gasteiger partial charge in [-0.25, -0.2) is 0 Å². The first-order chi connectivity index (χ1) is 13.2. The number of anilines is 1. The Morgan fingerprint density at radius 1 is 1.07 bits per heavy atom. The molecule has 2 saturated heterocycles. The molecular formula is C20H29N5O2. The van der Waals surface area contributed by atoms with Gasteiger partial charge in [-0.15, -0.1) is 0 Å². The lowest BCUT2D eigenvalue weighted by Gasteiger charge is -2.41. The predicted octanol–water partition coefficient (Wildman–Crippen LogP) is 0.863. The Bertz CT molecular complexity index is 654. The van der Waals surface area contributed by atoms with Gasteiger partial charge < -0.3 is 15.1 Å². The van der Waals surface area contributed by atoms with E-state index in [-0.39, 0.29) is 17.9 Å². The number of nitrogens with zero attached hydrogens (tertiary/aromatic N) is 4. The summed E-state index contributed by atoms with van der Waals surface area (Å²) in [7, 11) is 0. The number of rotatable bonds is 4. The fraction of sp³-hybridized carbons (Fsp3) is 0.650. The molecule has 2 amide bonds. The second-order valence-electron chi connectivity index (χ2n) is 7.76. The van der Waals surface area contributed by atoms with E-state index in [4.69, 9.17) is 0 Å². The number of hydrogen-bond donors (Lipinski definition) is 1. The van der Waals surface area contributed by atoms with E-state index >= 15 is 0 Å². The highest BCUT2D eigenvalue weighted by molar-refractivity contribution is 5.89. The molecule has 0 spiro atoms. The average Bonchev–Trinajstić information content (AvgIpc) is 3.25. The number of nitrogens with one attached hydrogen (secondary N) is 1. The van der Waals surface area contributed by atoms with Crippen LogP contribution < -0.4 is 10.2 Å². The normalized spacial score (nSPS) is 24.9. The van der Waals surface area contributed by atoms with Crippen LogP contribution >= 0.6 is 0 Å². The van der Waals surface area contributed by atoms with Crippen molar-refractivity contribution in [3.05, 3.63) is 24.5 Å². The third kappa shape index (κ3) is 4.08. The smallest absolute Gasteiger partial charge is 0.237 e. The molecule has 4 rings (SSSR count). The van der Waals surface area contributed by atoms with Crippen molar-refractivity contribution in [3.63, 3.8) is 0 Å². The molecule has 0 bridgehead atoms. The third-order valence-corrected chi connectivity index (χ3v) is 6.19. The lowest BCUT2D eigenvalue weighted by atomic mass is 10.0. The van der Waals surface area contributed by atoms with Crippen LogP contribution in [0.15, 0.2) is 24.5 Å². The summed E-state index contributed by atoms with van der Waals surface area (Å²) in [4.78, 5) is 36.0. The van der Waals surface area contributed by atoms with Crippen LogP contribution in [0.4, 0.5) is 5.69 Å². The standard InChI is InChI=1S/C20H29N5O2/c26-19(24-13-11-23(12-14-24)16-5-7-21-8-6-16)15-18-20(27)22-9-10-25(18)17-3-1-2-4-17/h5-8,17-18H,1-4,9-15H2,(H,22,27)/t18-/m0/s1. The van der Waals surface area contributed by atoms with E-state index < -0.39 is 0 Å². The monoisotopic (exact) mass is 371 g/mol. The van der Waals surface area contributed by atoms with Crippen LogP contribution in [-0.4, -0.2) is 78.0 Å². The first-order valence-electron chi connectivity index (χ1n) is 10.2. The first kappa shape index (κ1) is 18.2. The van der Waals surface area contributed by atoms with Crippen LogP contribution in [0, 0.1) is 0 Å². The molecule has 1 atom stereocenters. The Labute approximate surface area is 160 Å². The van der Waals surface area contributed by atoms with Crippen LogP contribution in [0.1, 0.15) is 32.1 Å². The first-order valence-corrected chi connectivity index (χ1v) is 10.2. The minimum absolute atomic E-state index is 0.0249. The van der Waals surface area contributed by atoms with E-state index in [0.29, 0.717) is 32.1 Å². The maximum absolute atomic E-state index is 12.9. The molecule has 2 aliphatic heterocycles. The summed E-state index contributed by atoms with van der Waals surface area (Å²) in [5.41, 5.74) is 1.15. The second-order valence-corrected chi connectivity index (χ2v) is 7.76. The highest BCUT2D eigenvalue weighted by atomic mass is 16.2. The van der Waals surface area contributed by atoms with Crippen LogP contribution in [0.25, 0.3) is 0 Å². The van der Waals surface area contributed by atoms with Gasteiger partial charge in [0.15, 0.2) is 0 Å². The summed E-state index contributed by atoms with van der Waals surface area (Å²) < 4.78 is 0. The molecule has 1 aliphatic carbocycles. The van der Waals surface area contributed by atoms with Gasteiger partial charge in [0.1, 0.15) is 0 Å². The molecule has 7 heteroatoms. The number of piperazine rings is 2. The van der Waals surface area contributed by atoms with Gasteiger partial charge in [-0.3, -0.25) is 19.5 Å². The molecule has 1 aromatic heterocycles. The van der Waals surface area contributed by atoms with Crippen molar-refractivity contribution in [1.29, 1.82) is 0 Å². The lowest BCUT2D eigenvalue weighted by Crippen LogP contribution is -2.59. The second kappa shape index (κ2) is 8.25. The van der Waals surface area contributed by atoms with E-state index in [2.05, 4.69) is 20.1 Å². The fourth-order valence-electron chi connectivity index (χ4n) is 4.68. The molecular weight excluding hydrogens is 342 g/mol. The highest BCUT2D eigenvalue weighted by Gasteiger charge is 2.37. The maximum atomic E-state index is 12.9. The molecule has 0 radical (unpaired) electrons. The molecule has 3 heterocycles. The van der Waals surface area contributed by atoms with Crippen molar-refractivity contribution in [2.24, 2.45) is 0 Å². The molecule has 146 valence electrons. The van der Waals surface area contributed by atoms with Gasteiger partial charge in [0.2, 0.25) is 11.8 Å². The van der Waals surface area contributed by atoms with Crippen molar-refractivity contribution < 1.29 is 9.59 Å². The zero-order valence-electron chi connectivity index (χ0n) is 15.8. The van der Waals surface area contributed by atoms with E-state index in [1.54, 1.807) is 12.4 Å². The Hall–Kier alpha value is -2.15. The molecule has 1 saturated carbocycles. The van der Waals surface area contributed by atoms with Crippen molar-refractivity contribution in [2.75, 3.05) is 44.2 Å². The number of carbonyl (C=O) groups is 2. The van der Waals surface area contributed by atoms with Crippen molar-refractivity contribution in [3.8, 4) is 0 Å². The fourth-order valence-corrected chi connectivity index (χ4v) is 4.68. The highest BCUT2D eigenvalue weighted by Crippen LogP contribution is 2.27. The third-order valence-electron chi connectivity index (χ3n) is 6.19. The molecule has 0 aromatic carbocycles. The summed E-state index contributed by atoms with van der Waals surface area (Å²) in [6.45, 7) is 4.62. The number of hydrogen-bond acceptors (Lipinski definition) is 5. The number of amides is 2. The largest absolute Gasteiger partial charge is 0.368 e. The van der Waals surface area contributed by atoms with Gasteiger partial charge in [-0.05, 0) is 25.0 Å². The Morgan fingerprint density at radius 3 is 2.48 bits per heavy atom. The van der Waals surface area contributed by atoms with E-state index in [1.807, 2.05) is 17.0 Å². The summed E-state index contributed by atoms with van der Waals surface area (Å²) in [5, 5.41) is 2.96. The zero-order valence-corrected chi connectivity index (χ0v) is 15.8. The summed E-state index contributed by atoms with van der Waals surface area (Å²) in [6.07, 6.45) is 8.68. The summed E-state index contributed by atoms with van der Waals surface area (Å²) in [6, 6.07) is 4.18. The van der Waals surface area contributed by atoms with E-state index in [1.165, 1.54) is 12.8 Å². The van der Waals surface area contributed by atoms with Gasteiger partial charge in [-0.1, -0.05) is 12.8 Å². The minimum Gasteiger partial charge on any atom is -0.368 e. The lowest BCUT2D eigenvalue weighted by molar-refractivity contribution is -0.140. The molecule has 27 heavy (non-hydrogen) atoms. The van der Waals surface area contributed by atoms with Gasteiger partial charge in [0, 0.05) is 63.4 Å². The molecule has 1 N–H and O–H groups in total. The Balaban J connectivity index is 1.34. The molecule has 3 fully saturated rings. The quantitative estimate of drug-likeness (QED) is 0.850. The molecule has 0 unspecified atom stereocenters. The number of carbonyl (C=O) groups excluding carboxylic acids is 2. The summed E-state index contributed by atoms with van der Waals surface area (Å²) >= 11 is 0. The average molecular weight is 371 g/mol. The van der Waals surface area contributed by atoms with Crippen molar-refractivity contribution >= 4 is 17.5 Å². The van der Waals surface area contributed by atoms with Gasteiger partial charge in [-0.2, -0.15) is 0 Å². The van der Waals surface area contributed by atoms with Gasteiger partial charge in [0.05, 0.1) is 12.5 Å². The maximum Gasteiger partial charge on any atom is 0.237 e. The zero-order chi connectivity index (χ0) is 18.6. The molecule has 1 aromatic rings. The van der Waals surface area contributed by atoms with Gasteiger partial charge >= 0.3 is 0 Å². The van der Waals surface area contributed by atoms with Crippen molar-refractivity contribution in [2.45, 2.75) is 44.2 Å². The Morgan fingerprint density at radius 2 is 1.78 bits per heavy atom. The number of aromatic nitrogens is 1.